The van der Waals surface area contributed by atoms with Crippen molar-refractivity contribution in [2.24, 2.45) is 11.8 Å². The van der Waals surface area contributed by atoms with Gasteiger partial charge in [0.25, 0.3) is 0 Å². The molecule has 0 heterocycles. The number of ether oxygens (including phenoxy) is 1. The van der Waals surface area contributed by atoms with Gasteiger partial charge in [0.1, 0.15) is 6.61 Å². The van der Waals surface area contributed by atoms with Crippen LogP contribution in [0.4, 0.5) is 0 Å². The number of ketones is 1. The van der Waals surface area contributed by atoms with Gasteiger partial charge in [0.2, 0.25) is 0 Å². The van der Waals surface area contributed by atoms with Crippen molar-refractivity contribution in [3.63, 3.8) is 0 Å². The Morgan fingerprint density at radius 2 is 1.12 bits per heavy atom. The normalized spacial score (nSPS) is 11.6. The average molecular weight is 341 g/mol. The third kappa shape index (κ3) is 19.7. The lowest BCUT2D eigenvalue weighted by Gasteiger charge is -2.06. The summed E-state index contributed by atoms with van der Waals surface area (Å²) < 4.78 is 5.38. The van der Waals surface area contributed by atoms with Crippen molar-refractivity contribution in [2.75, 3.05) is 13.2 Å². The molecule has 0 bridgehead atoms. The highest BCUT2D eigenvalue weighted by Gasteiger charge is 2.03. The maximum absolute atomic E-state index is 11.6. The van der Waals surface area contributed by atoms with Crippen molar-refractivity contribution < 1.29 is 9.53 Å². The lowest BCUT2D eigenvalue weighted by molar-refractivity contribution is -0.124. The highest BCUT2D eigenvalue weighted by molar-refractivity contribution is 5.79. The molecule has 0 radical (unpaired) electrons. The van der Waals surface area contributed by atoms with E-state index >= 15 is 0 Å². The first-order valence-electron chi connectivity index (χ1n) is 10.6. The van der Waals surface area contributed by atoms with Crippen LogP contribution in [0.25, 0.3) is 0 Å². The highest BCUT2D eigenvalue weighted by Crippen LogP contribution is 2.14. The second-order valence-corrected chi connectivity index (χ2v) is 8.27. The molecule has 0 aliphatic carbocycles. The van der Waals surface area contributed by atoms with E-state index < -0.39 is 0 Å². The molecule has 0 rings (SSSR count). The molecule has 0 fully saturated rings. The standard InChI is InChI=1S/C22H44O2/c1-20(2)16-14-12-10-8-6-5-7-9-11-13-15-17-22(23)19-24-18-21(3)4/h20-21H,5-19H2,1-4H3. The molecule has 24 heavy (non-hydrogen) atoms. The molecular weight excluding hydrogens is 296 g/mol. The molecule has 0 aliphatic heterocycles. The van der Waals surface area contributed by atoms with E-state index in [1.807, 2.05) is 0 Å². The minimum absolute atomic E-state index is 0.271. The average Bonchev–Trinajstić information content (AvgIpc) is 2.51. The Hall–Kier alpha value is -0.370. The summed E-state index contributed by atoms with van der Waals surface area (Å²) in [6.45, 7) is 9.86. The van der Waals surface area contributed by atoms with Crippen molar-refractivity contribution in [1.82, 2.24) is 0 Å². The van der Waals surface area contributed by atoms with E-state index in [2.05, 4.69) is 27.7 Å². The van der Waals surface area contributed by atoms with E-state index in [0.717, 1.165) is 12.3 Å². The zero-order chi connectivity index (χ0) is 18.0. The van der Waals surface area contributed by atoms with Gasteiger partial charge < -0.3 is 4.74 Å². The van der Waals surface area contributed by atoms with E-state index in [0.29, 0.717) is 25.6 Å². The van der Waals surface area contributed by atoms with Crippen LogP contribution in [0.15, 0.2) is 0 Å². The van der Waals surface area contributed by atoms with Gasteiger partial charge in [0, 0.05) is 13.0 Å². The maximum Gasteiger partial charge on any atom is 0.158 e. The Balaban J connectivity index is 3.13. The van der Waals surface area contributed by atoms with Gasteiger partial charge in [0.05, 0.1) is 0 Å². The monoisotopic (exact) mass is 340 g/mol. The van der Waals surface area contributed by atoms with Crippen LogP contribution in [0.3, 0.4) is 0 Å². The first-order chi connectivity index (χ1) is 11.5. The summed E-state index contributed by atoms with van der Waals surface area (Å²) in [5.41, 5.74) is 0. The van der Waals surface area contributed by atoms with Crippen molar-refractivity contribution in [3.05, 3.63) is 0 Å². The molecule has 0 saturated heterocycles. The summed E-state index contributed by atoms with van der Waals surface area (Å²) in [6, 6.07) is 0. The fraction of sp³-hybridized carbons (Fsp3) is 0.955. The van der Waals surface area contributed by atoms with E-state index in [-0.39, 0.29) is 5.78 Å². The Kier molecular flexibility index (Phi) is 17.2. The second-order valence-electron chi connectivity index (χ2n) is 8.27. The predicted molar refractivity (Wildman–Crippen MR) is 106 cm³/mol. The molecule has 2 heteroatoms. The number of carbonyl (C=O) groups excluding carboxylic acids is 1. The lowest BCUT2D eigenvalue weighted by Crippen LogP contribution is -2.11. The Labute approximate surface area is 152 Å². The van der Waals surface area contributed by atoms with E-state index in [9.17, 15) is 4.79 Å². The molecule has 0 aromatic heterocycles. The summed E-state index contributed by atoms with van der Waals surface area (Å²) in [7, 11) is 0. The molecule has 0 aliphatic rings. The highest BCUT2D eigenvalue weighted by atomic mass is 16.5. The van der Waals surface area contributed by atoms with Crippen LogP contribution >= 0.6 is 0 Å². The molecule has 0 aromatic carbocycles. The number of carbonyl (C=O) groups is 1. The minimum atomic E-state index is 0.271. The zero-order valence-corrected chi connectivity index (χ0v) is 17.1. The Morgan fingerprint density at radius 3 is 1.58 bits per heavy atom. The molecule has 144 valence electrons. The molecule has 0 aromatic rings. The van der Waals surface area contributed by atoms with E-state index in [1.165, 1.54) is 70.6 Å². The fourth-order valence-corrected chi connectivity index (χ4v) is 2.95. The molecule has 0 unspecified atom stereocenters. The lowest BCUT2D eigenvalue weighted by atomic mass is 10.0. The van der Waals surface area contributed by atoms with Crippen LogP contribution < -0.4 is 0 Å². The summed E-state index contributed by atoms with van der Waals surface area (Å²) in [6.07, 6.45) is 16.8. The maximum atomic E-state index is 11.6. The van der Waals surface area contributed by atoms with Gasteiger partial charge >= 0.3 is 0 Å². The van der Waals surface area contributed by atoms with Gasteiger partial charge in [-0.05, 0) is 18.3 Å². The van der Waals surface area contributed by atoms with Gasteiger partial charge in [-0.3, -0.25) is 4.79 Å². The topological polar surface area (TPSA) is 26.3 Å². The first kappa shape index (κ1) is 23.6. The molecule has 0 amide bonds. The van der Waals surface area contributed by atoms with Gasteiger partial charge in [-0.1, -0.05) is 98.3 Å². The number of rotatable bonds is 18. The van der Waals surface area contributed by atoms with Crippen LogP contribution in [0.1, 0.15) is 111 Å². The van der Waals surface area contributed by atoms with Crippen LogP contribution in [-0.4, -0.2) is 19.0 Å². The van der Waals surface area contributed by atoms with Gasteiger partial charge in [-0.2, -0.15) is 0 Å². The van der Waals surface area contributed by atoms with Crippen molar-refractivity contribution >= 4 is 5.78 Å². The molecular formula is C22H44O2. The quantitative estimate of drug-likeness (QED) is 0.252. The number of Topliss-reactive ketones (excluding diaryl/α,β-unsaturated/α-hetero) is 1. The smallest absolute Gasteiger partial charge is 0.158 e. The molecule has 0 saturated carbocycles. The van der Waals surface area contributed by atoms with E-state index in [4.69, 9.17) is 4.74 Å². The number of hydrogen-bond acceptors (Lipinski definition) is 2. The van der Waals surface area contributed by atoms with Crippen LogP contribution in [0.2, 0.25) is 0 Å². The van der Waals surface area contributed by atoms with E-state index in [1.54, 1.807) is 0 Å². The van der Waals surface area contributed by atoms with Crippen molar-refractivity contribution in [3.8, 4) is 0 Å². The van der Waals surface area contributed by atoms with Gasteiger partial charge in [-0.15, -0.1) is 0 Å². The second kappa shape index (κ2) is 17.5. The SMILES string of the molecule is CC(C)CCCCCCCCCCCCCC(=O)COCC(C)C. The fourth-order valence-electron chi connectivity index (χ4n) is 2.95. The molecule has 0 spiro atoms. The van der Waals surface area contributed by atoms with Gasteiger partial charge in [0.15, 0.2) is 5.78 Å². The van der Waals surface area contributed by atoms with Crippen LogP contribution in [0, 0.1) is 11.8 Å². The first-order valence-corrected chi connectivity index (χ1v) is 10.6. The Morgan fingerprint density at radius 1 is 0.667 bits per heavy atom. The molecule has 2 nitrogen and oxygen atoms in total. The molecule has 0 atom stereocenters. The predicted octanol–water partition coefficient (Wildman–Crippen LogP) is 6.96. The summed E-state index contributed by atoms with van der Waals surface area (Å²) in [5, 5.41) is 0. The van der Waals surface area contributed by atoms with Crippen molar-refractivity contribution in [1.29, 1.82) is 0 Å². The number of unbranched alkanes of at least 4 members (excludes halogenated alkanes) is 10. The zero-order valence-electron chi connectivity index (χ0n) is 17.1. The summed E-state index contributed by atoms with van der Waals surface area (Å²) in [4.78, 5) is 11.6. The molecule has 0 N–H and O–H groups in total. The third-order valence-electron chi connectivity index (χ3n) is 4.45. The summed E-state index contributed by atoms with van der Waals surface area (Å²) >= 11 is 0. The largest absolute Gasteiger partial charge is 0.373 e. The summed E-state index contributed by atoms with van der Waals surface area (Å²) in [5.74, 6) is 1.65. The third-order valence-corrected chi connectivity index (χ3v) is 4.45. The minimum Gasteiger partial charge on any atom is -0.373 e. The van der Waals surface area contributed by atoms with Gasteiger partial charge in [-0.25, -0.2) is 0 Å². The van der Waals surface area contributed by atoms with Crippen LogP contribution in [0.5, 0.6) is 0 Å². The van der Waals surface area contributed by atoms with Crippen LogP contribution in [-0.2, 0) is 9.53 Å². The number of hydrogen-bond donors (Lipinski definition) is 0. The van der Waals surface area contributed by atoms with Crippen molar-refractivity contribution in [2.45, 2.75) is 111 Å². The Bertz CT molecular complexity index is 271.